The number of hydrogen-bond acceptors (Lipinski definition) is 21. The minimum atomic E-state index is -5.53. The number of hydrogen-bond donors (Lipinski definition) is 7. The van der Waals surface area contributed by atoms with Crippen molar-refractivity contribution in [1.29, 1.82) is 0 Å². The van der Waals surface area contributed by atoms with E-state index in [-0.39, 0.29) is 48.9 Å². The standard InChI is InChI=1S/C34H48F3N7O16P4S2/c1-65-14-11-38-31-30-32(42-33(41-31)66-13-10-34(35,36)37)44(21-39-30)28-8-7-24(56-28)20-55-63(50,51)60-64(52,53)59-62(49)58-61-54-19-23(45)16-25(17-43-12-9-26(46)40-27(47)18-43)57-29(48)15-22-5-3-2-4-6-22/h2-6,9,12,21,23-25,28-29,45,48-49,61H,7-8,10-11,13-20H2,1H3,(H,50,51)(H,52,53)(H,38,41,42)(H,40,46,47)/t23?,24?,25-,28?,29?,62?/m1/s1. The van der Waals surface area contributed by atoms with Crippen LogP contribution in [0.3, 0.4) is 0 Å². The Morgan fingerprint density at radius 1 is 1.12 bits per heavy atom. The predicted octanol–water partition coefficient (Wildman–Crippen LogP) is 4.50. The van der Waals surface area contributed by atoms with Gasteiger partial charge in [-0.1, -0.05) is 42.1 Å². The molecule has 2 aromatic heterocycles. The third-order valence-corrected chi connectivity index (χ3v) is 15.1. The summed E-state index contributed by atoms with van der Waals surface area (Å²) in [5.41, 5.74) is 1.37. The second kappa shape index (κ2) is 26.0. The number of aliphatic hydroxyl groups excluding tert-OH is 2. The highest BCUT2D eigenvalue weighted by atomic mass is 32.2. The summed E-state index contributed by atoms with van der Waals surface area (Å²) in [5, 5.41) is 26.7. The number of aliphatic hydroxyl groups is 2. The maximum Gasteiger partial charge on any atom is 0.487 e. The van der Waals surface area contributed by atoms with Gasteiger partial charge in [0.05, 0.1) is 50.8 Å². The SMILES string of the molecule is CSCCNc1nc(SCCC(F)(F)F)nc2c1ncn2C1CCC(COP(=O)(O)OP(=O)(O)OP(O)OPOCC(O)C[C@H](CN2C=CC(=O)NC(=O)C2)OC(O)Cc2ccccc2)O1. The Balaban J connectivity index is 1.06. The van der Waals surface area contributed by atoms with Gasteiger partial charge in [-0.3, -0.25) is 28.3 Å². The van der Waals surface area contributed by atoms with Crippen LogP contribution in [0.1, 0.15) is 37.5 Å². The number of ether oxygens (including phenoxy) is 2. The molecule has 8 unspecified atom stereocenters. The first-order valence-corrected chi connectivity index (χ1v) is 27.0. The fourth-order valence-electron chi connectivity index (χ4n) is 6.12. The molecule has 0 aliphatic carbocycles. The van der Waals surface area contributed by atoms with Crippen molar-refractivity contribution in [1.82, 2.24) is 29.7 Å². The number of carbonyl (C=O) groups excluding carboxylic acids is 2. The lowest BCUT2D eigenvalue weighted by Crippen LogP contribution is -2.40. The number of carbonyl (C=O) groups is 2. The van der Waals surface area contributed by atoms with Crippen LogP contribution in [-0.4, -0.2) is 143 Å². The molecule has 3 aromatic rings. The van der Waals surface area contributed by atoms with E-state index in [9.17, 15) is 56.8 Å². The van der Waals surface area contributed by atoms with E-state index < -0.39 is 102 Å². The molecule has 0 spiro atoms. The van der Waals surface area contributed by atoms with Crippen molar-refractivity contribution in [2.45, 2.75) is 74.3 Å². The van der Waals surface area contributed by atoms with E-state index in [1.165, 1.54) is 22.0 Å². The smallest absolute Gasteiger partial charge is 0.391 e. The Hall–Kier alpha value is -2.42. The van der Waals surface area contributed by atoms with Gasteiger partial charge in [0.1, 0.15) is 6.23 Å². The van der Waals surface area contributed by atoms with E-state index in [0.717, 1.165) is 23.4 Å². The van der Waals surface area contributed by atoms with Gasteiger partial charge in [-0.25, -0.2) is 28.4 Å². The van der Waals surface area contributed by atoms with Crippen LogP contribution in [0.25, 0.3) is 11.2 Å². The second-order valence-corrected chi connectivity index (χ2v) is 21.3. The molecule has 0 saturated carbocycles. The highest BCUT2D eigenvalue weighted by molar-refractivity contribution is 7.99. The summed E-state index contributed by atoms with van der Waals surface area (Å²) in [6.45, 7) is -0.824. The maximum atomic E-state index is 12.8. The third kappa shape index (κ3) is 19.2. The maximum absolute atomic E-state index is 12.8. The molecule has 32 heteroatoms. The van der Waals surface area contributed by atoms with Crippen LogP contribution in [0.4, 0.5) is 19.0 Å². The molecular weight excluding hydrogens is 1010 g/mol. The van der Waals surface area contributed by atoms with Gasteiger partial charge in [-0.15, -0.1) is 0 Å². The van der Waals surface area contributed by atoms with Crippen LogP contribution < -0.4 is 10.6 Å². The van der Waals surface area contributed by atoms with E-state index in [1.807, 2.05) is 6.26 Å². The monoisotopic (exact) mass is 1060 g/mol. The van der Waals surface area contributed by atoms with Gasteiger partial charge in [0.2, 0.25) is 5.91 Å². The molecule has 5 rings (SSSR count). The summed E-state index contributed by atoms with van der Waals surface area (Å²) < 4.78 is 101. The number of imide groups is 1. The van der Waals surface area contributed by atoms with Gasteiger partial charge >= 0.3 is 30.4 Å². The van der Waals surface area contributed by atoms with Crippen LogP contribution in [0.2, 0.25) is 0 Å². The Labute approximate surface area is 387 Å². The van der Waals surface area contributed by atoms with Crippen molar-refractivity contribution in [3.05, 3.63) is 54.5 Å². The Morgan fingerprint density at radius 3 is 2.64 bits per heavy atom. The minimum Gasteiger partial charge on any atom is -0.391 e. The Kier molecular flexibility index (Phi) is 21.5. The van der Waals surface area contributed by atoms with Gasteiger partial charge in [-0.05, 0) is 24.7 Å². The Morgan fingerprint density at radius 2 is 1.89 bits per heavy atom. The molecule has 66 heavy (non-hydrogen) atoms. The highest BCUT2D eigenvalue weighted by Crippen LogP contribution is 2.66. The topological polar surface area (TPSA) is 305 Å². The lowest BCUT2D eigenvalue weighted by molar-refractivity contribution is -0.148. The minimum absolute atomic E-state index is 0.0368. The molecule has 1 saturated heterocycles. The molecule has 368 valence electrons. The van der Waals surface area contributed by atoms with Gasteiger partial charge in [0, 0.05) is 49.7 Å². The van der Waals surface area contributed by atoms with E-state index in [4.69, 9.17) is 22.8 Å². The summed E-state index contributed by atoms with van der Waals surface area (Å²) in [7, 11) is -15.2. The zero-order valence-corrected chi connectivity index (χ0v) is 40.1. The van der Waals surface area contributed by atoms with Crippen molar-refractivity contribution >= 4 is 85.6 Å². The number of imidazole rings is 1. The number of fused-ring (bicyclic) bond motifs is 1. The van der Waals surface area contributed by atoms with E-state index >= 15 is 0 Å². The first-order chi connectivity index (χ1) is 31.3. The number of phosphoric acid groups is 2. The highest BCUT2D eigenvalue weighted by Gasteiger charge is 2.40. The summed E-state index contributed by atoms with van der Waals surface area (Å²) in [5.74, 6) is -0.487. The van der Waals surface area contributed by atoms with Gasteiger partial charge < -0.3 is 49.1 Å². The normalized spacial score (nSPS) is 20.8. The largest absolute Gasteiger partial charge is 0.487 e. The van der Waals surface area contributed by atoms with Crippen molar-refractivity contribution in [2.24, 2.45) is 0 Å². The number of anilines is 1. The Bertz CT molecular complexity index is 2180. The van der Waals surface area contributed by atoms with Crippen molar-refractivity contribution in [2.75, 3.05) is 55.9 Å². The zero-order chi connectivity index (χ0) is 47.9. The summed E-state index contributed by atoms with van der Waals surface area (Å²) in [6.07, 6.45) is -4.21. The van der Waals surface area contributed by atoms with Crippen LogP contribution in [0.5, 0.6) is 0 Å². The van der Waals surface area contributed by atoms with Crippen molar-refractivity contribution < 1.29 is 88.2 Å². The third-order valence-electron chi connectivity index (χ3n) is 8.89. The summed E-state index contributed by atoms with van der Waals surface area (Å²) in [6, 6.07) is 8.91. The molecule has 4 heterocycles. The molecule has 1 aromatic carbocycles. The number of nitrogens with zero attached hydrogens (tertiary/aromatic N) is 5. The molecular formula is C34H48F3N7O16P4S2. The zero-order valence-electron chi connectivity index (χ0n) is 34.7. The number of thioether (sulfide) groups is 2. The molecule has 23 nitrogen and oxygen atoms in total. The number of rotatable bonds is 28. The van der Waals surface area contributed by atoms with Gasteiger partial charge in [0.15, 0.2) is 37.5 Å². The fraction of sp³-hybridized carbons (Fsp3) is 0.559. The predicted molar refractivity (Wildman–Crippen MR) is 235 cm³/mol. The lowest BCUT2D eigenvalue weighted by atomic mass is 10.1. The number of aromatic nitrogens is 4. The molecule has 2 aliphatic rings. The van der Waals surface area contributed by atoms with E-state index in [2.05, 4.69) is 34.2 Å². The first kappa shape index (κ1) is 54.5. The van der Waals surface area contributed by atoms with E-state index in [0.29, 0.717) is 30.1 Å². The molecule has 2 amide bonds. The van der Waals surface area contributed by atoms with Gasteiger partial charge in [-0.2, -0.15) is 29.2 Å². The van der Waals surface area contributed by atoms with Crippen molar-refractivity contribution in [3.8, 4) is 0 Å². The average Bonchev–Trinajstić information content (AvgIpc) is 3.84. The average molecular weight is 1060 g/mol. The van der Waals surface area contributed by atoms with Crippen LogP contribution in [0, 0.1) is 0 Å². The number of amides is 2. The molecule has 9 atom stereocenters. The number of halogens is 3. The lowest BCUT2D eigenvalue weighted by Gasteiger charge is -2.28. The van der Waals surface area contributed by atoms with Crippen LogP contribution in [0.15, 0.2) is 54.1 Å². The summed E-state index contributed by atoms with van der Waals surface area (Å²) >= 11 is 2.39. The molecule has 0 bridgehead atoms. The molecule has 0 radical (unpaired) electrons. The fourth-order valence-corrected chi connectivity index (χ4v) is 11.1. The quantitative estimate of drug-likeness (QED) is 0.0131. The number of alkyl halides is 3. The molecule has 2 aliphatic heterocycles. The van der Waals surface area contributed by atoms with Gasteiger partial charge in [0.25, 0.3) is 5.91 Å². The number of phosphoric ester groups is 1. The molecule has 1 fully saturated rings. The van der Waals surface area contributed by atoms with Crippen LogP contribution >= 0.6 is 56.8 Å². The number of nitrogens with one attached hydrogen (secondary N) is 2. The van der Waals surface area contributed by atoms with Crippen molar-refractivity contribution in [3.63, 3.8) is 0 Å². The molecule has 7 N–H and O–H groups in total. The second-order valence-electron chi connectivity index (χ2n) is 14.2. The van der Waals surface area contributed by atoms with E-state index in [1.54, 1.807) is 42.1 Å². The van der Waals surface area contributed by atoms with Crippen LogP contribution in [-0.2, 0) is 56.6 Å². The first-order valence-electron chi connectivity index (χ1n) is 19.6. The number of benzene rings is 1. The summed E-state index contributed by atoms with van der Waals surface area (Å²) in [4.78, 5) is 68.7.